The molecule has 5 nitrogen and oxygen atoms in total. The first-order chi connectivity index (χ1) is 7.99. The molecule has 2 fully saturated rings. The van der Waals surface area contributed by atoms with Crippen molar-refractivity contribution in [3.05, 3.63) is 0 Å². The van der Waals surface area contributed by atoms with Gasteiger partial charge in [0.05, 0.1) is 11.7 Å². The lowest BCUT2D eigenvalue weighted by Crippen LogP contribution is -2.33. The number of carboxylic acids is 1. The van der Waals surface area contributed by atoms with Gasteiger partial charge >= 0.3 is 5.97 Å². The molecule has 1 N–H and O–H groups in total. The Kier molecular flexibility index (Phi) is 3.42. The Morgan fingerprint density at radius 2 is 2.18 bits per heavy atom. The summed E-state index contributed by atoms with van der Waals surface area (Å²) in [6, 6.07) is 0.121. The summed E-state index contributed by atoms with van der Waals surface area (Å²) < 4.78 is 0. The molecule has 0 radical (unpaired) electrons. The van der Waals surface area contributed by atoms with Crippen LogP contribution in [0.2, 0.25) is 0 Å². The smallest absolute Gasteiger partial charge is 0.304 e. The molecule has 2 aliphatic rings. The molecular formula is C11H15NO4S. The number of nitrogens with zero attached hydrogens (tertiary/aromatic N) is 1. The molecule has 1 saturated carbocycles. The zero-order valence-corrected chi connectivity index (χ0v) is 10.4. The van der Waals surface area contributed by atoms with E-state index in [-0.39, 0.29) is 41.2 Å². The molecule has 2 rings (SSSR count). The summed E-state index contributed by atoms with van der Waals surface area (Å²) in [4.78, 5) is 35.5. The monoisotopic (exact) mass is 257 g/mol. The van der Waals surface area contributed by atoms with Crippen LogP contribution >= 0.6 is 11.8 Å². The van der Waals surface area contributed by atoms with Crippen molar-refractivity contribution in [2.24, 2.45) is 0 Å². The van der Waals surface area contributed by atoms with Crippen molar-refractivity contribution in [3.63, 3.8) is 0 Å². The summed E-state index contributed by atoms with van der Waals surface area (Å²) in [5.41, 5.74) is 0. The minimum atomic E-state index is -0.874. The highest BCUT2D eigenvalue weighted by atomic mass is 32.2. The number of carbonyl (C=O) groups is 3. The molecule has 0 aromatic heterocycles. The van der Waals surface area contributed by atoms with Gasteiger partial charge in [-0.25, -0.2) is 0 Å². The van der Waals surface area contributed by atoms with Gasteiger partial charge in [-0.2, -0.15) is 0 Å². The van der Waals surface area contributed by atoms with Crippen molar-refractivity contribution in [3.8, 4) is 0 Å². The fraction of sp³-hybridized carbons (Fsp3) is 0.727. The SMILES string of the molecule is CC(CC(=O)O)SC1CC(=O)N(C2CC2)C1=O. The molecule has 2 unspecified atom stereocenters. The first kappa shape index (κ1) is 12.4. The van der Waals surface area contributed by atoms with Crippen molar-refractivity contribution >= 4 is 29.5 Å². The van der Waals surface area contributed by atoms with Crippen LogP contribution in [0.3, 0.4) is 0 Å². The number of rotatable bonds is 5. The molecule has 0 bridgehead atoms. The number of amides is 2. The Labute approximate surface area is 104 Å². The van der Waals surface area contributed by atoms with Crippen LogP contribution in [0.15, 0.2) is 0 Å². The number of carboxylic acid groups (broad SMARTS) is 1. The van der Waals surface area contributed by atoms with Crippen molar-refractivity contribution in [2.75, 3.05) is 0 Å². The van der Waals surface area contributed by atoms with E-state index in [0.717, 1.165) is 12.8 Å². The van der Waals surface area contributed by atoms with Crippen LogP contribution in [-0.2, 0) is 14.4 Å². The Hall–Kier alpha value is -1.04. The summed E-state index contributed by atoms with van der Waals surface area (Å²) >= 11 is 1.30. The van der Waals surface area contributed by atoms with E-state index in [1.54, 1.807) is 6.92 Å². The normalized spacial score (nSPS) is 26.4. The Morgan fingerprint density at radius 1 is 1.53 bits per heavy atom. The fourth-order valence-corrected chi connectivity index (χ4v) is 3.29. The number of hydrogen-bond acceptors (Lipinski definition) is 4. The predicted octanol–water partition coefficient (Wildman–Crippen LogP) is 0.873. The maximum atomic E-state index is 12.0. The van der Waals surface area contributed by atoms with Crippen LogP contribution in [0.4, 0.5) is 0 Å². The average molecular weight is 257 g/mol. The third-order valence-corrected chi connectivity index (χ3v) is 4.24. The molecule has 94 valence electrons. The predicted molar refractivity (Wildman–Crippen MR) is 62.6 cm³/mol. The molecule has 0 aromatic rings. The van der Waals surface area contributed by atoms with Crippen LogP contribution < -0.4 is 0 Å². The lowest BCUT2D eigenvalue weighted by atomic mass is 10.3. The van der Waals surface area contributed by atoms with Crippen molar-refractivity contribution in [1.82, 2.24) is 4.90 Å². The molecule has 17 heavy (non-hydrogen) atoms. The van der Waals surface area contributed by atoms with Crippen LogP contribution in [0.5, 0.6) is 0 Å². The van der Waals surface area contributed by atoms with E-state index < -0.39 is 5.97 Å². The van der Waals surface area contributed by atoms with Gasteiger partial charge in [0, 0.05) is 17.7 Å². The summed E-state index contributed by atoms with van der Waals surface area (Å²) in [7, 11) is 0. The molecule has 2 amide bonds. The minimum Gasteiger partial charge on any atom is -0.481 e. The van der Waals surface area contributed by atoms with Crippen LogP contribution in [0, 0.1) is 0 Å². The lowest BCUT2D eigenvalue weighted by Gasteiger charge is -2.15. The third-order valence-electron chi connectivity index (χ3n) is 2.91. The molecule has 0 aromatic carbocycles. The maximum absolute atomic E-state index is 12.0. The van der Waals surface area contributed by atoms with Gasteiger partial charge in [0.25, 0.3) is 0 Å². The van der Waals surface area contributed by atoms with Gasteiger partial charge in [0.15, 0.2) is 0 Å². The van der Waals surface area contributed by atoms with Crippen molar-refractivity contribution < 1.29 is 19.5 Å². The van der Waals surface area contributed by atoms with Crippen molar-refractivity contribution in [1.29, 1.82) is 0 Å². The highest BCUT2D eigenvalue weighted by molar-refractivity contribution is 8.01. The van der Waals surface area contributed by atoms with Gasteiger partial charge in [-0.1, -0.05) is 6.92 Å². The number of thioether (sulfide) groups is 1. The third kappa shape index (κ3) is 2.80. The van der Waals surface area contributed by atoms with E-state index >= 15 is 0 Å². The van der Waals surface area contributed by atoms with Gasteiger partial charge < -0.3 is 5.11 Å². The molecule has 1 heterocycles. The zero-order chi connectivity index (χ0) is 12.6. The Morgan fingerprint density at radius 3 is 2.71 bits per heavy atom. The molecule has 1 saturated heterocycles. The van der Waals surface area contributed by atoms with Crippen molar-refractivity contribution in [2.45, 2.75) is 49.1 Å². The minimum absolute atomic E-state index is 0.0199. The van der Waals surface area contributed by atoms with Gasteiger partial charge in [0.1, 0.15) is 0 Å². The Bertz CT molecular complexity index is 366. The van der Waals surface area contributed by atoms with Gasteiger partial charge in [-0.05, 0) is 12.8 Å². The van der Waals surface area contributed by atoms with E-state index in [1.807, 2.05) is 0 Å². The number of imide groups is 1. The summed E-state index contributed by atoms with van der Waals surface area (Å²) in [6.45, 7) is 1.77. The van der Waals surface area contributed by atoms with Gasteiger partial charge in [-0.15, -0.1) is 11.8 Å². The molecule has 1 aliphatic carbocycles. The highest BCUT2D eigenvalue weighted by Gasteiger charge is 2.46. The lowest BCUT2D eigenvalue weighted by molar-refractivity contribution is -0.139. The topological polar surface area (TPSA) is 74.7 Å². The number of hydrogen-bond donors (Lipinski definition) is 1. The van der Waals surface area contributed by atoms with Crippen LogP contribution in [-0.4, -0.2) is 44.3 Å². The van der Waals surface area contributed by atoms with Crippen LogP contribution in [0.1, 0.15) is 32.6 Å². The second kappa shape index (κ2) is 4.68. The van der Waals surface area contributed by atoms with E-state index in [9.17, 15) is 14.4 Å². The molecule has 1 aliphatic heterocycles. The quantitative estimate of drug-likeness (QED) is 0.740. The first-order valence-electron chi connectivity index (χ1n) is 5.72. The maximum Gasteiger partial charge on any atom is 0.304 e. The largest absolute Gasteiger partial charge is 0.481 e. The van der Waals surface area contributed by atoms with E-state index in [4.69, 9.17) is 5.11 Å². The molecule has 6 heteroatoms. The molecule has 2 atom stereocenters. The second-order valence-electron chi connectivity index (χ2n) is 4.57. The van der Waals surface area contributed by atoms with E-state index in [1.165, 1.54) is 16.7 Å². The van der Waals surface area contributed by atoms with Crippen LogP contribution in [0.25, 0.3) is 0 Å². The summed E-state index contributed by atoms with van der Waals surface area (Å²) in [5.74, 6) is -1.10. The second-order valence-corrected chi connectivity index (χ2v) is 6.22. The van der Waals surface area contributed by atoms with Gasteiger partial charge in [-0.3, -0.25) is 19.3 Å². The fourth-order valence-electron chi connectivity index (χ4n) is 2.02. The zero-order valence-electron chi connectivity index (χ0n) is 9.59. The number of likely N-dealkylation sites (tertiary alicyclic amines) is 1. The standard InChI is InChI=1S/C11H15NO4S/c1-6(4-10(14)15)17-8-5-9(13)12(11(8)16)7-2-3-7/h6-8H,2-5H2,1H3,(H,14,15). The number of aliphatic carboxylic acids is 1. The average Bonchev–Trinajstić information content (AvgIpc) is 2.95. The first-order valence-corrected chi connectivity index (χ1v) is 6.66. The Balaban J connectivity index is 1.92. The van der Waals surface area contributed by atoms with E-state index in [0.29, 0.717) is 0 Å². The molecule has 0 spiro atoms. The number of carbonyl (C=O) groups excluding carboxylic acids is 2. The highest BCUT2D eigenvalue weighted by Crippen LogP contribution is 2.36. The molecular weight excluding hydrogens is 242 g/mol. The summed E-state index contributed by atoms with van der Waals surface area (Å²) in [5, 5.41) is 8.13. The van der Waals surface area contributed by atoms with Gasteiger partial charge in [0.2, 0.25) is 11.8 Å². The van der Waals surface area contributed by atoms with E-state index in [2.05, 4.69) is 0 Å². The summed E-state index contributed by atoms with van der Waals surface area (Å²) in [6.07, 6.45) is 2.08.